The minimum atomic E-state index is -0.930. The second kappa shape index (κ2) is 4.70. The summed E-state index contributed by atoms with van der Waals surface area (Å²) in [5.74, 6) is -0.233. The molecule has 0 aliphatic rings. The summed E-state index contributed by atoms with van der Waals surface area (Å²) in [7, 11) is 0. The minimum Gasteiger partial charge on any atom is -0.389 e. The van der Waals surface area contributed by atoms with Crippen molar-refractivity contribution >= 4 is 32.9 Å². The van der Waals surface area contributed by atoms with E-state index >= 15 is 0 Å². The fourth-order valence-electron chi connectivity index (χ4n) is 1.56. The third kappa shape index (κ3) is 2.88. The number of aromatic amines is 1. The molecule has 2 rings (SSSR count). The van der Waals surface area contributed by atoms with Crippen LogP contribution in [0.4, 0.5) is 0 Å². The molecule has 18 heavy (non-hydrogen) atoms. The summed E-state index contributed by atoms with van der Waals surface area (Å²) in [6, 6.07) is 1.83. The zero-order valence-electron chi connectivity index (χ0n) is 10.1. The molecule has 0 radical (unpaired) electrons. The zero-order valence-corrected chi connectivity index (χ0v) is 11.7. The summed E-state index contributed by atoms with van der Waals surface area (Å²) in [5, 5.41) is 13.0. The van der Waals surface area contributed by atoms with Gasteiger partial charge < -0.3 is 15.4 Å². The summed E-state index contributed by atoms with van der Waals surface area (Å²) < 4.78 is 0.811. The van der Waals surface area contributed by atoms with Gasteiger partial charge in [0.25, 0.3) is 5.91 Å². The largest absolute Gasteiger partial charge is 0.389 e. The number of nitrogens with one attached hydrogen (secondary N) is 2. The van der Waals surface area contributed by atoms with Gasteiger partial charge in [0.15, 0.2) is 0 Å². The molecule has 0 fully saturated rings. The summed E-state index contributed by atoms with van der Waals surface area (Å²) >= 11 is 3.32. The fraction of sp³-hybridized carbons (Fsp3) is 0.333. The quantitative estimate of drug-likeness (QED) is 0.809. The molecule has 0 atom stereocenters. The molecular formula is C12H14BrN3O2. The zero-order chi connectivity index (χ0) is 13.3. The summed E-state index contributed by atoms with van der Waals surface area (Å²) in [6.45, 7) is 3.47. The molecular weight excluding hydrogens is 298 g/mol. The molecule has 0 aliphatic carbocycles. The van der Waals surface area contributed by atoms with Crippen molar-refractivity contribution < 1.29 is 9.90 Å². The van der Waals surface area contributed by atoms with Crippen molar-refractivity contribution in [2.75, 3.05) is 6.54 Å². The number of nitrogens with zero attached hydrogens (tertiary/aromatic N) is 1. The number of hydrogen-bond donors (Lipinski definition) is 3. The van der Waals surface area contributed by atoms with Crippen molar-refractivity contribution in [2.45, 2.75) is 19.4 Å². The van der Waals surface area contributed by atoms with Crippen molar-refractivity contribution in [1.29, 1.82) is 0 Å². The fourth-order valence-corrected chi connectivity index (χ4v) is 1.89. The van der Waals surface area contributed by atoms with Gasteiger partial charge in [0.1, 0.15) is 5.65 Å². The van der Waals surface area contributed by atoms with Gasteiger partial charge in [0, 0.05) is 28.8 Å². The van der Waals surface area contributed by atoms with Crippen LogP contribution < -0.4 is 5.32 Å². The van der Waals surface area contributed by atoms with Crippen LogP contribution in [0, 0.1) is 0 Å². The Hall–Kier alpha value is -1.40. The van der Waals surface area contributed by atoms with Crippen LogP contribution in [0.25, 0.3) is 11.0 Å². The van der Waals surface area contributed by atoms with Gasteiger partial charge in [-0.05, 0) is 35.8 Å². The van der Waals surface area contributed by atoms with Crippen LogP contribution in [-0.4, -0.2) is 33.1 Å². The van der Waals surface area contributed by atoms with Crippen LogP contribution in [0.5, 0.6) is 0 Å². The Bertz CT molecular complexity index is 587. The number of carbonyl (C=O) groups is 1. The Labute approximate surface area is 113 Å². The van der Waals surface area contributed by atoms with Gasteiger partial charge in [-0.3, -0.25) is 4.79 Å². The number of rotatable bonds is 3. The van der Waals surface area contributed by atoms with Crippen molar-refractivity contribution in [3.63, 3.8) is 0 Å². The van der Waals surface area contributed by atoms with E-state index in [1.54, 1.807) is 26.2 Å². The second-order valence-electron chi connectivity index (χ2n) is 4.75. The van der Waals surface area contributed by atoms with Gasteiger partial charge in [-0.15, -0.1) is 0 Å². The average Bonchev–Trinajstić information content (AvgIpc) is 2.67. The highest BCUT2D eigenvalue weighted by Gasteiger charge is 2.17. The second-order valence-corrected chi connectivity index (χ2v) is 5.66. The van der Waals surface area contributed by atoms with Gasteiger partial charge >= 0.3 is 0 Å². The van der Waals surface area contributed by atoms with Crippen molar-refractivity contribution in [1.82, 2.24) is 15.3 Å². The first kappa shape index (κ1) is 13.0. The van der Waals surface area contributed by atoms with Gasteiger partial charge in [-0.1, -0.05) is 0 Å². The van der Waals surface area contributed by atoms with E-state index in [0.29, 0.717) is 11.2 Å². The van der Waals surface area contributed by atoms with Crippen LogP contribution in [0.15, 0.2) is 22.9 Å². The molecule has 2 heterocycles. The topological polar surface area (TPSA) is 78.0 Å². The SMILES string of the molecule is CC(C)(O)CNC(=O)c1c[nH]c2ncc(Br)cc12. The van der Waals surface area contributed by atoms with E-state index in [-0.39, 0.29) is 12.5 Å². The van der Waals surface area contributed by atoms with Gasteiger partial charge in [0.05, 0.1) is 11.2 Å². The molecule has 0 unspecified atom stereocenters. The van der Waals surface area contributed by atoms with Crippen LogP contribution in [0.3, 0.4) is 0 Å². The van der Waals surface area contributed by atoms with Crippen molar-refractivity contribution in [3.05, 3.63) is 28.5 Å². The molecule has 2 aromatic heterocycles. The van der Waals surface area contributed by atoms with Crippen LogP contribution >= 0.6 is 15.9 Å². The van der Waals surface area contributed by atoms with Crippen molar-refractivity contribution in [2.24, 2.45) is 0 Å². The lowest BCUT2D eigenvalue weighted by Crippen LogP contribution is -2.38. The molecule has 1 amide bonds. The number of amides is 1. The molecule has 0 saturated heterocycles. The van der Waals surface area contributed by atoms with E-state index in [2.05, 4.69) is 31.2 Å². The number of H-pyrrole nitrogens is 1. The van der Waals surface area contributed by atoms with Crippen molar-refractivity contribution in [3.8, 4) is 0 Å². The maximum Gasteiger partial charge on any atom is 0.253 e. The maximum absolute atomic E-state index is 12.0. The Balaban J connectivity index is 2.25. The van der Waals surface area contributed by atoms with E-state index < -0.39 is 5.60 Å². The Morgan fingerprint density at radius 1 is 1.61 bits per heavy atom. The average molecular weight is 312 g/mol. The smallest absolute Gasteiger partial charge is 0.253 e. The van der Waals surface area contributed by atoms with Crippen LogP contribution in [0.1, 0.15) is 24.2 Å². The number of fused-ring (bicyclic) bond motifs is 1. The van der Waals surface area contributed by atoms with Crippen LogP contribution in [0.2, 0.25) is 0 Å². The third-order valence-electron chi connectivity index (χ3n) is 2.42. The van der Waals surface area contributed by atoms with E-state index in [4.69, 9.17) is 0 Å². The lowest BCUT2D eigenvalue weighted by Gasteiger charge is -2.17. The standard InChI is InChI=1S/C12H14BrN3O2/c1-12(2,18)6-16-11(17)9-5-15-10-8(9)3-7(13)4-14-10/h3-5,18H,6H2,1-2H3,(H,14,15)(H,16,17). The highest BCUT2D eigenvalue weighted by molar-refractivity contribution is 9.10. The first-order chi connectivity index (χ1) is 8.37. The molecule has 0 aromatic carbocycles. The van der Waals surface area contributed by atoms with Gasteiger partial charge in [-0.25, -0.2) is 4.98 Å². The number of pyridine rings is 1. The monoisotopic (exact) mass is 311 g/mol. The predicted molar refractivity (Wildman–Crippen MR) is 72.4 cm³/mol. The number of halogens is 1. The molecule has 6 heteroatoms. The van der Waals surface area contributed by atoms with E-state index in [1.165, 1.54) is 0 Å². The third-order valence-corrected chi connectivity index (χ3v) is 2.86. The predicted octanol–water partition coefficient (Wildman–Crippen LogP) is 1.83. The van der Waals surface area contributed by atoms with E-state index in [9.17, 15) is 9.90 Å². The molecule has 0 saturated carbocycles. The van der Waals surface area contributed by atoms with E-state index in [1.807, 2.05) is 6.07 Å². The van der Waals surface area contributed by atoms with Gasteiger partial charge in [-0.2, -0.15) is 0 Å². The molecule has 0 aliphatic heterocycles. The maximum atomic E-state index is 12.0. The molecule has 5 nitrogen and oxygen atoms in total. The Morgan fingerprint density at radius 2 is 2.33 bits per heavy atom. The van der Waals surface area contributed by atoms with Crippen LogP contribution in [-0.2, 0) is 0 Å². The minimum absolute atomic E-state index is 0.194. The summed E-state index contributed by atoms with van der Waals surface area (Å²) in [5.41, 5.74) is 0.246. The molecule has 2 aromatic rings. The normalized spacial score (nSPS) is 11.8. The summed E-state index contributed by atoms with van der Waals surface area (Å²) in [4.78, 5) is 19.1. The lowest BCUT2D eigenvalue weighted by atomic mass is 10.1. The Kier molecular flexibility index (Phi) is 3.41. The molecule has 0 bridgehead atoms. The Morgan fingerprint density at radius 3 is 3.00 bits per heavy atom. The first-order valence-corrected chi connectivity index (χ1v) is 6.29. The number of aromatic nitrogens is 2. The highest BCUT2D eigenvalue weighted by atomic mass is 79.9. The highest BCUT2D eigenvalue weighted by Crippen LogP contribution is 2.20. The number of hydrogen-bond acceptors (Lipinski definition) is 3. The number of carbonyl (C=O) groups excluding carboxylic acids is 1. The molecule has 96 valence electrons. The van der Waals surface area contributed by atoms with E-state index in [0.717, 1.165) is 9.86 Å². The lowest BCUT2D eigenvalue weighted by molar-refractivity contribution is 0.0695. The summed E-state index contributed by atoms with van der Waals surface area (Å²) in [6.07, 6.45) is 3.28. The first-order valence-electron chi connectivity index (χ1n) is 5.50. The number of aliphatic hydroxyl groups is 1. The molecule has 0 spiro atoms. The van der Waals surface area contributed by atoms with Gasteiger partial charge in [0.2, 0.25) is 0 Å². The molecule has 3 N–H and O–H groups in total.